The summed E-state index contributed by atoms with van der Waals surface area (Å²) >= 11 is 5.28. The van der Waals surface area contributed by atoms with E-state index in [1.807, 2.05) is 39.0 Å². The number of phenols is 1. The number of rotatable bonds is 5. The maximum absolute atomic E-state index is 13.2. The van der Waals surface area contributed by atoms with Gasteiger partial charge in [-0.25, -0.2) is 0 Å². The van der Waals surface area contributed by atoms with Crippen molar-refractivity contribution in [1.29, 1.82) is 0 Å². The van der Waals surface area contributed by atoms with E-state index in [-0.39, 0.29) is 11.7 Å². The molecule has 2 aromatic carbocycles. The van der Waals surface area contributed by atoms with E-state index in [0.29, 0.717) is 23.2 Å². The molecule has 29 heavy (non-hydrogen) atoms. The first-order valence-corrected chi connectivity index (χ1v) is 9.80. The van der Waals surface area contributed by atoms with Crippen LogP contribution in [0.1, 0.15) is 29.7 Å². The van der Waals surface area contributed by atoms with Gasteiger partial charge >= 0.3 is 0 Å². The Labute approximate surface area is 176 Å². The molecule has 0 spiro atoms. The summed E-state index contributed by atoms with van der Waals surface area (Å²) in [6.45, 7) is 10.2. The van der Waals surface area contributed by atoms with Crippen molar-refractivity contribution in [3.05, 3.63) is 65.4 Å². The van der Waals surface area contributed by atoms with Crippen molar-refractivity contribution in [2.45, 2.75) is 26.8 Å². The Hall–Kier alpha value is -3.06. The molecule has 1 aliphatic heterocycles. The molecule has 7 heteroatoms. The number of benzene rings is 2. The van der Waals surface area contributed by atoms with Crippen molar-refractivity contribution in [1.82, 2.24) is 10.6 Å². The molecule has 0 aliphatic carbocycles. The third-order valence-corrected chi connectivity index (χ3v) is 4.90. The average Bonchev–Trinajstić information content (AvgIpc) is 2.62. The van der Waals surface area contributed by atoms with Crippen molar-refractivity contribution in [3.63, 3.8) is 0 Å². The summed E-state index contributed by atoms with van der Waals surface area (Å²) in [4.78, 5) is 13.2. The average molecular weight is 412 g/mol. The molecule has 152 valence electrons. The molecule has 1 amide bonds. The van der Waals surface area contributed by atoms with Crippen LogP contribution in [-0.4, -0.2) is 22.7 Å². The van der Waals surface area contributed by atoms with Crippen molar-refractivity contribution in [2.75, 3.05) is 11.9 Å². The van der Waals surface area contributed by atoms with Crippen molar-refractivity contribution >= 4 is 28.9 Å². The molecule has 1 fully saturated rings. The first-order valence-electron chi connectivity index (χ1n) is 9.39. The second-order valence-electron chi connectivity index (χ2n) is 7.10. The molecule has 0 bridgehead atoms. The number of carbonyl (C=O) groups is 1. The van der Waals surface area contributed by atoms with Gasteiger partial charge in [0.25, 0.3) is 0 Å². The molecule has 1 saturated heterocycles. The van der Waals surface area contributed by atoms with Gasteiger partial charge in [0.1, 0.15) is 5.92 Å². The lowest BCUT2D eigenvalue weighted by atomic mass is 9.88. The molecule has 0 unspecified atom stereocenters. The summed E-state index contributed by atoms with van der Waals surface area (Å²) in [5, 5.41) is 19.5. The topological polar surface area (TPSA) is 82.6 Å². The molecule has 2 atom stereocenters. The Morgan fingerprint density at radius 2 is 1.93 bits per heavy atom. The fraction of sp³-hybridized carbons (Fsp3) is 0.273. The number of phenolic OH excluding ortho intramolecular Hbond substituents is 1. The highest BCUT2D eigenvalue weighted by Gasteiger charge is 2.37. The van der Waals surface area contributed by atoms with Crippen LogP contribution < -0.4 is 20.7 Å². The van der Waals surface area contributed by atoms with E-state index < -0.39 is 12.0 Å². The maximum atomic E-state index is 13.2. The van der Waals surface area contributed by atoms with Crippen LogP contribution >= 0.6 is 12.2 Å². The molecule has 4 N–H and O–H groups in total. The smallest absolute Gasteiger partial charge is 0.235 e. The van der Waals surface area contributed by atoms with Gasteiger partial charge < -0.3 is 25.8 Å². The number of carbonyl (C=O) groups excluding carboxylic acids is 1. The fourth-order valence-electron chi connectivity index (χ4n) is 3.53. The Morgan fingerprint density at radius 3 is 2.59 bits per heavy atom. The van der Waals surface area contributed by atoms with E-state index >= 15 is 0 Å². The molecule has 0 aromatic heterocycles. The van der Waals surface area contributed by atoms with Crippen LogP contribution in [0.2, 0.25) is 0 Å². The zero-order valence-electron chi connectivity index (χ0n) is 16.7. The molecule has 0 saturated carbocycles. The summed E-state index contributed by atoms with van der Waals surface area (Å²) < 4.78 is 5.49. The van der Waals surface area contributed by atoms with E-state index in [2.05, 4.69) is 22.5 Å². The number of hydrogen-bond donors (Lipinski definition) is 4. The largest absolute Gasteiger partial charge is 0.504 e. The van der Waals surface area contributed by atoms with Gasteiger partial charge in [-0.05, 0) is 73.9 Å². The highest BCUT2D eigenvalue weighted by Crippen LogP contribution is 2.35. The minimum atomic E-state index is -0.624. The van der Waals surface area contributed by atoms with E-state index in [0.717, 1.165) is 22.4 Å². The van der Waals surface area contributed by atoms with Crippen LogP contribution in [-0.2, 0) is 4.79 Å². The lowest BCUT2D eigenvalue weighted by Gasteiger charge is -2.35. The minimum Gasteiger partial charge on any atom is -0.504 e. The van der Waals surface area contributed by atoms with Crippen LogP contribution in [0.25, 0.3) is 0 Å². The van der Waals surface area contributed by atoms with Gasteiger partial charge in [-0.1, -0.05) is 18.7 Å². The molecular weight excluding hydrogens is 386 g/mol. The Kier molecular flexibility index (Phi) is 6.08. The van der Waals surface area contributed by atoms with Crippen molar-refractivity contribution in [3.8, 4) is 11.5 Å². The molecular formula is C22H25N3O3S. The number of hydrogen-bond acceptors (Lipinski definition) is 4. The predicted molar refractivity (Wildman–Crippen MR) is 118 cm³/mol. The molecule has 0 radical (unpaired) electrons. The minimum absolute atomic E-state index is 0.0437. The number of amides is 1. The van der Waals surface area contributed by atoms with Crippen LogP contribution in [0.3, 0.4) is 0 Å². The Balaban J connectivity index is 1.93. The van der Waals surface area contributed by atoms with Gasteiger partial charge in [0.15, 0.2) is 16.6 Å². The Bertz CT molecular complexity index is 954. The molecule has 2 aromatic rings. The number of nitrogens with one attached hydrogen (secondary N) is 3. The van der Waals surface area contributed by atoms with E-state index in [1.165, 1.54) is 0 Å². The summed E-state index contributed by atoms with van der Waals surface area (Å²) in [6, 6.07) is 10.4. The van der Waals surface area contributed by atoms with Crippen molar-refractivity contribution < 1.29 is 14.6 Å². The van der Waals surface area contributed by atoms with Gasteiger partial charge in [0.05, 0.1) is 12.6 Å². The number of anilines is 1. The highest BCUT2D eigenvalue weighted by atomic mass is 32.1. The van der Waals surface area contributed by atoms with Gasteiger partial charge in [-0.2, -0.15) is 0 Å². The predicted octanol–water partition coefficient (Wildman–Crippen LogP) is 3.70. The quantitative estimate of drug-likeness (QED) is 0.562. The Morgan fingerprint density at radius 1 is 1.24 bits per heavy atom. The van der Waals surface area contributed by atoms with Gasteiger partial charge in [0, 0.05) is 11.4 Å². The van der Waals surface area contributed by atoms with Crippen molar-refractivity contribution in [2.24, 2.45) is 5.92 Å². The number of aromatic hydroxyl groups is 1. The van der Waals surface area contributed by atoms with Crippen LogP contribution in [0.15, 0.2) is 48.7 Å². The zero-order valence-corrected chi connectivity index (χ0v) is 17.5. The van der Waals surface area contributed by atoms with Crippen LogP contribution in [0.5, 0.6) is 11.5 Å². The van der Waals surface area contributed by atoms with E-state index in [1.54, 1.807) is 18.2 Å². The zero-order chi connectivity index (χ0) is 21.1. The second-order valence-corrected chi connectivity index (χ2v) is 7.51. The van der Waals surface area contributed by atoms with Gasteiger partial charge in [-0.15, -0.1) is 0 Å². The molecule has 3 rings (SSSR count). The third kappa shape index (κ3) is 4.68. The molecule has 1 aliphatic rings. The third-order valence-electron chi connectivity index (χ3n) is 4.68. The normalized spacial score (nSPS) is 18.6. The lowest BCUT2D eigenvalue weighted by Crippen LogP contribution is -2.51. The standard InChI is InChI=1S/C22H25N3O3S/c1-5-28-18-11-15(6-7-17(18)26)20-19(14(4)23-22(29)25-20)21(27)24-16-9-12(2)8-13(3)10-16/h6-11,19-20,26H,4-5H2,1-3H3,(H,24,27)(H2,23,25,29)/t19-,20+/m1/s1. The second kappa shape index (κ2) is 8.53. The first-order chi connectivity index (χ1) is 13.8. The van der Waals surface area contributed by atoms with E-state index in [4.69, 9.17) is 17.0 Å². The lowest BCUT2D eigenvalue weighted by molar-refractivity contribution is -0.119. The van der Waals surface area contributed by atoms with Crippen LogP contribution in [0, 0.1) is 19.8 Å². The summed E-state index contributed by atoms with van der Waals surface area (Å²) in [7, 11) is 0. The SMILES string of the molecule is C=C1NC(=S)N[C@@H](c2ccc(O)c(OCC)c2)[C@@H]1C(=O)Nc1cc(C)cc(C)c1. The summed E-state index contributed by atoms with van der Waals surface area (Å²) in [5.41, 5.74) is 4.13. The van der Waals surface area contributed by atoms with Gasteiger partial charge in [-0.3, -0.25) is 4.79 Å². The summed E-state index contributed by atoms with van der Waals surface area (Å²) in [5.74, 6) is -0.433. The van der Waals surface area contributed by atoms with Gasteiger partial charge in [0.2, 0.25) is 5.91 Å². The van der Waals surface area contributed by atoms with E-state index in [9.17, 15) is 9.90 Å². The first kappa shape index (κ1) is 20.7. The monoisotopic (exact) mass is 411 g/mol. The number of ether oxygens (including phenoxy) is 1. The molecule has 1 heterocycles. The number of thiocarbonyl (C=S) groups is 1. The molecule has 6 nitrogen and oxygen atoms in total. The maximum Gasteiger partial charge on any atom is 0.235 e. The summed E-state index contributed by atoms with van der Waals surface area (Å²) in [6.07, 6.45) is 0. The fourth-order valence-corrected chi connectivity index (χ4v) is 3.79. The highest BCUT2D eigenvalue weighted by molar-refractivity contribution is 7.80. The van der Waals surface area contributed by atoms with Crippen LogP contribution in [0.4, 0.5) is 5.69 Å². The number of aryl methyl sites for hydroxylation is 2.